The molecule has 1 aromatic rings. The number of H-pyrrole nitrogens is 1. The van der Waals surface area contributed by atoms with Crippen molar-refractivity contribution in [2.45, 2.75) is 46.6 Å². The van der Waals surface area contributed by atoms with Gasteiger partial charge in [0.1, 0.15) is 5.82 Å². The Morgan fingerprint density at radius 2 is 2.04 bits per heavy atom. The maximum Gasteiger partial charge on any atom is 0.330 e. The van der Waals surface area contributed by atoms with Gasteiger partial charge < -0.3 is 15.4 Å². The average Bonchev–Trinajstić information content (AvgIpc) is 2.50. The van der Waals surface area contributed by atoms with Crippen LogP contribution in [0.5, 0.6) is 0 Å². The molecule has 0 bridgehead atoms. The highest BCUT2D eigenvalue weighted by Gasteiger charge is 2.23. The second-order valence-electron chi connectivity index (χ2n) is 6.14. The fourth-order valence-electron chi connectivity index (χ4n) is 2.46. The van der Waals surface area contributed by atoms with Crippen LogP contribution in [0.4, 0.5) is 11.5 Å². The Hall–Kier alpha value is -2.09. The van der Waals surface area contributed by atoms with E-state index in [4.69, 9.17) is 10.5 Å². The second kappa shape index (κ2) is 9.27. The zero-order valence-electron chi connectivity index (χ0n) is 14.9. The van der Waals surface area contributed by atoms with Gasteiger partial charge in [-0.3, -0.25) is 19.1 Å². The van der Waals surface area contributed by atoms with Crippen molar-refractivity contribution >= 4 is 17.4 Å². The number of hydrogen-bond donors (Lipinski definition) is 2. The first kappa shape index (κ1) is 20.0. The Morgan fingerprint density at radius 3 is 2.58 bits per heavy atom. The molecule has 0 unspecified atom stereocenters. The van der Waals surface area contributed by atoms with Gasteiger partial charge in [-0.25, -0.2) is 4.79 Å². The number of hydrogen-bond acceptors (Lipinski definition) is 5. The van der Waals surface area contributed by atoms with Gasteiger partial charge in [-0.05, 0) is 18.8 Å². The Balaban J connectivity index is 3.37. The highest BCUT2D eigenvalue weighted by molar-refractivity contribution is 5.95. The summed E-state index contributed by atoms with van der Waals surface area (Å²) >= 11 is 0. The number of ether oxygens (including phenoxy) is 1. The molecule has 0 saturated carbocycles. The molecule has 1 heterocycles. The maximum atomic E-state index is 12.5. The van der Waals surface area contributed by atoms with E-state index in [0.717, 1.165) is 0 Å². The van der Waals surface area contributed by atoms with E-state index in [0.29, 0.717) is 39.0 Å². The SMILES string of the molecule is CCCC(=O)N(CCCOC)c1c(N)n(CC(C)C)c(=O)[nH]c1=O. The maximum absolute atomic E-state index is 12.5. The summed E-state index contributed by atoms with van der Waals surface area (Å²) in [5.74, 6) is -0.00287. The van der Waals surface area contributed by atoms with Crippen molar-refractivity contribution in [1.82, 2.24) is 9.55 Å². The molecule has 0 fully saturated rings. The molecule has 8 heteroatoms. The van der Waals surface area contributed by atoms with E-state index >= 15 is 0 Å². The number of nitrogens with zero attached hydrogens (tertiary/aromatic N) is 2. The molecule has 0 aliphatic heterocycles. The van der Waals surface area contributed by atoms with E-state index in [9.17, 15) is 14.4 Å². The predicted octanol–water partition coefficient (Wildman–Crippen LogP) is 0.944. The lowest BCUT2D eigenvalue weighted by Crippen LogP contribution is -2.42. The van der Waals surface area contributed by atoms with Crippen LogP contribution in [0.1, 0.15) is 40.0 Å². The van der Waals surface area contributed by atoms with E-state index in [-0.39, 0.29) is 23.3 Å². The quantitative estimate of drug-likeness (QED) is 0.650. The number of nitrogens with two attached hydrogens (primary N) is 1. The molecule has 0 radical (unpaired) electrons. The summed E-state index contributed by atoms with van der Waals surface area (Å²) in [7, 11) is 1.57. The Kier molecular flexibility index (Phi) is 7.70. The fraction of sp³-hybridized carbons (Fsp3) is 0.688. The van der Waals surface area contributed by atoms with Gasteiger partial charge in [-0.1, -0.05) is 20.8 Å². The van der Waals surface area contributed by atoms with Crippen LogP contribution in [0.3, 0.4) is 0 Å². The first-order chi connectivity index (χ1) is 11.3. The monoisotopic (exact) mass is 340 g/mol. The summed E-state index contributed by atoms with van der Waals surface area (Å²) in [6.45, 7) is 6.89. The molecule has 0 aromatic carbocycles. The van der Waals surface area contributed by atoms with Crippen molar-refractivity contribution in [3.63, 3.8) is 0 Å². The van der Waals surface area contributed by atoms with E-state index < -0.39 is 11.2 Å². The number of aromatic amines is 1. The fourth-order valence-corrected chi connectivity index (χ4v) is 2.46. The average molecular weight is 340 g/mol. The first-order valence-corrected chi connectivity index (χ1v) is 8.25. The number of carbonyl (C=O) groups excluding carboxylic acids is 1. The van der Waals surface area contributed by atoms with Crippen molar-refractivity contribution in [3.8, 4) is 0 Å². The van der Waals surface area contributed by atoms with Crippen LogP contribution in [0.25, 0.3) is 0 Å². The summed E-state index contributed by atoms with van der Waals surface area (Å²) in [4.78, 5) is 40.4. The van der Waals surface area contributed by atoms with Gasteiger partial charge >= 0.3 is 5.69 Å². The highest BCUT2D eigenvalue weighted by Crippen LogP contribution is 2.19. The van der Waals surface area contributed by atoms with Crippen molar-refractivity contribution < 1.29 is 9.53 Å². The molecule has 3 N–H and O–H groups in total. The van der Waals surface area contributed by atoms with Crippen molar-refractivity contribution in [3.05, 3.63) is 20.8 Å². The summed E-state index contributed by atoms with van der Waals surface area (Å²) in [5, 5.41) is 0. The van der Waals surface area contributed by atoms with Crippen LogP contribution < -0.4 is 21.9 Å². The van der Waals surface area contributed by atoms with Gasteiger partial charge in [-0.2, -0.15) is 0 Å². The molecule has 24 heavy (non-hydrogen) atoms. The Bertz CT molecular complexity index is 663. The van der Waals surface area contributed by atoms with E-state index in [1.807, 2.05) is 20.8 Å². The van der Waals surface area contributed by atoms with Gasteiger partial charge in [0.05, 0.1) is 0 Å². The van der Waals surface area contributed by atoms with Crippen LogP contribution in [-0.2, 0) is 16.1 Å². The van der Waals surface area contributed by atoms with Crippen LogP contribution >= 0.6 is 0 Å². The molecule has 0 aliphatic carbocycles. The van der Waals surface area contributed by atoms with E-state index in [2.05, 4.69) is 4.98 Å². The van der Waals surface area contributed by atoms with Gasteiger partial charge in [0.2, 0.25) is 5.91 Å². The largest absolute Gasteiger partial charge is 0.385 e. The van der Waals surface area contributed by atoms with Crippen LogP contribution in [0.15, 0.2) is 9.59 Å². The highest BCUT2D eigenvalue weighted by atomic mass is 16.5. The minimum absolute atomic E-state index is 0.0271. The summed E-state index contributed by atoms with van der Waals surface area (Å²) < 4.78 is 6.32. The van der Waals surface area contributed by atoms with Gasteiger partial charge in [0.25, 0.3) is 5.56 Å². The third-order valence-electron chi connectivity index (χ3n) is 3.53. The molecule has 0 saturated heterocycles. The minimum Gasteiger partial charge on any atom is -0.385 e. The lowest BCUT2D eigenvalue weighted by Gasteiger charge is -2.24. The second-order valence-corrected chi connectivity index (χ2v) is 6.14. The standard InChI is InChI=1S/C16H28N4O4/c1-5-7-12(21)19(8-6-9-24-4)13-14(17)20(10-11(2)3)16(23)18-15(13)22/h11H,5-10,17H2,1-4H3,(H,18,22,23). The number of carbonyl (C=O) groups is 1. The molecule has 136 valence electrons. The minimum atomic E-state index is -0.639. The number of nitrogens with one attached hydrogen (secondary N) is 1. The van der Waals surface area contributed by atoms with E-state index in [1.54, 1.807) is 7.11 Å². The number of rotatable bonds is 9. The van der Waals surface area contributed by atoms with Crippen molar-refractivity contribution in [2.24, 2.45) is 5.92 Å². The topological polar surface area (TPSA) is 110 Å². The lowest BCUT2D eigenvalue weighted by atomic mass is 10.2. The molecule has 1 aromatic heterocycles. The third-order valence-corrected chi connectivity index (χ3v) is 3.53. The number of aromatic nitrogens is 2. The summed E-state index contributed by atoms with van der Waals surface area (Å²) in [6.07, 6.45) is 1.52. The van der Waals surface area contributed by atoms with Crippen molar-refractivity contribution in [2.75, 3.05) is 30.9 Å². The molecule has 8 nitrogen and oxygen atoms in total. The predicted molar refractivity (Wildman–Crippen MR) is 94.3 cm³/mol. The molecule has 0 spiro atoms. The lowest BCUT2D eigenvalue weighted by molar-refractivity contribution is -0.118. The van der Waals surface area contributed by atoms with Crippen LogP contribution in [0.2, 0.25) is 0 Å². The zero-order valence-corrected chi connectivity index (χ0v) is 14.9. The number of anilines is 2. The molecular weight excluding hydrogens is 312 g/mol. The number of nitrogen functional groups attached to an aromatic ring is 1. The Labute approximate surface area is 141 Å². The number of methoxy groups -OCH3 is 1. The summed E-state index contributed by atoms with van der Waals surface area (Å²) in [6, 6.07) is 0. The molecule has 1 rings (SSSR count). The zero-order chi connectivity index (χ0) is 18.3. The Morgan fingerprint density at radius 1 is 1.38 bits per heavy atom. The first-order valence-electron chi connectivity index (χ1n) is 8.25. The smallest absolute Gasteiger partial charge is 0.330 e. The number of amides is 1. The normalized spacial score (nSPS) is 11.0. The molecular formula is C16H28N4O4. The molecule has 0 atom stereocenters. The van der Waals surface area contributed by atoms with Gasteiger partial charge in [-0.15, -0.1) is 0 Å². The molecule has 0 aliphatic rings. The van der Waals surface area contributed by atoms with Crippen LogP contribution in [0, 0.1) is 5.92 Å². The van der Waals surface area contributed by atoms with Gasteiger partial charge in [0.15, 0.2) is 5.69 Å². The van der Waals surface area contributed by atoms with Crippen molar-refractivity contribution in [1.29, 1.82) is 0 Å². The van der Waals surface area contributed by atoms with Gasteiger partial charge in [0, 0.05) is 33.2 Å². The third kappa shape index (κ3) is 4.95. The van der Waals surface area contributed by atoms with E-state index in [1.165, 1.54) is 9.47 Å². The molecule has 1 amide bonds. The van der Waals surface area contributed by atoms with Crippen LogP contribution in [-0.4, -0.2) is 35.7 Å². The summed E-state index contributed by atoms with van der Waals surface area (Å²) in [5.41, 5.74) is 4.94.